The first-order valence-electron chi connectivity index (χ1n) is 13.7. The van der Waals surface area contributed by atoms with Crippen molar-refractivity contribution in [3.63, 3.8) is 0 Å². The zero-order valence-corrected chi connectivity index (χ0v) is 21.4. The van der Waals surface area contributed by atoms with Crippen molar-refractivity contribution in [2.45, 2.75) is 57.4 Å². The molecule has 1 atom stereocenters. The number of likely N-dealkylation sites (tertiary alicyclic amines) is 1. The van der Waals surface area contributed by atoms with Gasteiger partial charge in [-0.1, -0.05) is 37.1 Å². The molecular weight excluding hydrogens is 466 g/mol. The Labute approximate surface area is 217 Å². The van der Waals surface area contributed by atoms with E-state index >= 15 is 0 Å². The van der Waals surface area contributed by atoms with Gasteiger partial charge < -0.3 is 14.4 Å². The quantitative estimate of drug-likeness (QED) is 0.605. The molecule has 1 saturated heterocycles. The molecule has 3 fully saturated rings. The lowest BCUT2D eigenvalue weighted by molar-refractivity contribution is -0.131. The lowest BCUT2D eigenvalue weighted by Crippen LogP contribution is -2.44. The Morgan fingerprint density at radius 3 is 2.57 bits per heavy atom. The van der Waals surface area contributed by atoms with Crippen LogP contribution in [0.3, 0.4) is 0 Å². The number of hydrogen-bond donors (Lipinski definition) is 0. The summed E-state index contributed by atoms with van der Waals surface area (Å²) in [5.41, 5.74) is 3.68. The molecule has 7 nitrogen and oxygen atoms in total. The number of carbonyl (C=O) groups excluding carboxylic acids is 2. The second-order valence-corrected chi connectivity index (χ2v) is 11.4. The van der Waals surface area contributed by atoms with Crippen molar-refractivity contribution in [3.05, 3.63) is 47.5 Å². The van der Waals surface area contributed by atoms with Crippen molar-refractivity contribution in [2.24, 2.45) is 16.8 Å². The summed E-state index contributed by atoms with van der Waals surface area (Å²) in [6.07, 6.45) is 6.77. The Morgan fingerprint density at radius 2 is 1.78 bits per heavy atom. The van der Waals surface area contributed by atoms with Crippen molar-refractivity contribution in [1.82, 2.24) is 9.80 Å². The van der Waals surface area contributed by atoms with E-state index in [1.54, 1.807) is 0 Å². The second kappa shape index (κ2) is 8.61. The summed E-state index contributed by atoms with van der Waals surface area (Å²) >= 11 is 0. The maximum Gasteiger partial charge on any atom is 0.256 e. The van der Waals surface area contributed by atoms with E-state index in [1.807, 2.05) is 28.0 Å². The SMILES string of the molecule is Cc1cc(-c2ccc3c(c2)OCO3)ccc1C1=NC2(CCCC2)C(=O)N1C[C@@H]1CCN(C(=O)C2CC2)C1. The Bertz CT molecular complexity index is 1310. The highest BCUT2D eigenvalue weighted by Crippen LogP contribution is 2.42. The third kappa shape index (κ3) is 3.90. The smallest absolute Gasteiger partial charge is 0.256 e. The van der Waals surface area contributed by atoms with E-state index in [1.165, 1.54) is 0 Å². The fourth-order valence-electron chi connectivity index (χ4n) is 6.52. The minimum absolute atomic E-state index is 0.159. The molecule has 3 aliphatic heterocycles. The molecule has 0 N–H and O–H groups in total. The molecule has 5 aliphatic rings. The van der Waals surface area contributed by atoms with Crippen LogP contribution in [0.4, 0.5) is 0 Å². The number of carbonyl (C=O) groups is 2. The van der Waals surface area contributed by atoms with E-state index < -0.39 is 5.54 Å². The number of nitrogens with zero attached hydrogens (tertiary/aromatic N) is 3. The first-order valence-corrected chi connectivity index (χ1v) is 13.7. The third-order valence-electron chi connectivity index (χ3n) is 8.79. The summed E-state index contributed by atoms with van der Waals surface area (Å²) in [7, 11) is 0. The van der Waals surface area contributed by atoms with Gasteiger partial charge >= 0.3 is 0 Å². The van der Waals surface area contributed by atoms with E-state index in [-0.39, 0.29) is 18.6 Å². The molecular formula is C30H33N3O4. The number of aliphatic imine (C=N–C) groups is 1. The molecule has 0 radical (unpaired) electrons. The highest BCUT2D eigenvalue weighted by molar-refractivity contribution is 6.16. The molecule has 3 heterocycles. The Hall–Kier alpha value is -3.35. The summed E-state index contributed by atoms with van der Waals surface area (Å²) in [6, 6.07) is 12.4. The molecule has 1 spiro atoms. The molecule has 7 rings (SSSR count). The molecule has 2 amide bonds. The van der Waals surface area contributed by atoms with Crippen LogP contribution >= 0.6 is 0 Å². The van der Waals surface area contributed by atoms with Crippen LogP contribution in [0.2, 0.25) is 0 Å². The van der Waals surface area contributed by atoms with Gasteiger partial charge in [-0.15, -0.1) is 0 Å². The Kier molecular flexibility index (Phi) is 5.31. The summed E-state index contributed by atoms with van der Waals surface area (Å²) < 4.78 is 11.0. The summed E-state index contributed by atoms with van der Waals surface area (Å²) in [5, 5.41) is 0. The van der Waals surface area contributed by atoms with Gasteiger partial charge in [-0.3, -0.25) is 19.5 Å². The van der Waals surface area contributed by atoms with E-state index in [4.69, 9.17) is 14.5 Å². The standard InChI is InChI=1S/C30H33N3O4/c1-19-14-22(23-7-9-25-26(15-23)37-18-36-25)6-8-24(19)27-31-30(11-2-3-12-30)29(35)33(27)17-20-10-13-32(16-20)28(34)21-4-5-21/h6-9,14-15,20-21H,2-5,10-13,16-18H2,1H3/t20-/m1/s1. The van der Waals surface area contributed by atoms with Crippen molar-refractivity contribution >= 4 is 17.6 Å². The van der Waals surface area contributed by atoms with Crippen molar-refractivity contribution < 1.29 is 19.1 Å². The predicted molar refractivity (Wildman–Crippen MR) is 140 cm³/mol. The molecule has 37 heavy (non-hydrogen) atoms. The van der Waals surface area contributed by atoms with E-state index in [0.717, 1.165) is 97.6 Å². The number of aryl methyl sites for hydroxylation is 1. The van der Waals surface area contributed by atoms with Crippen molar-refractivity contribution in [1.29, 1.82) is 0 Å². The molecule has 7 heteroatoms. The van der Waals surface area contributed by atoms with Gasteiger partial charge in [0, 0.05) is 31.1 Å². The lowest BCUT2D eigenvalue weighted by atomic mass is 9.97. The van der Waals surface area contributed by atoms with Crippen molar-refractivity contribution in [2.75, 3.05) is 26.4 Å². The fraction of sp³-hybridized carbons (Fsp3) is 0.500. The summed E-state index contributed by atoms with van der Waals surface area (Å²) in [4.78, 5) is 35.6. The zero-order valence-electron chi connectivity index (χ0n) is 21.4. The number of fused-ring (bicyclic) bond motifs is 1. The second-order valence-electron chi connectivity index (χ2n) is 11.4. The van der Waals surface area contributed by atoms with Gasteiger partial charge in [-0.05, 0) is 73.8 Å². The van der Waals surface area contributed by atoms with Crippen LogP contribution in [0.5, 0.6) is 11.5 Å². The van der Waals surface area contributed by atoms with E-state index in [2.05, 4.69) is 25.1 Å². The van der Waals surface area contributed by atoms with Crippen LogP contribution in [0.15, 0.2) is 41.4 Å². The first kappa shape index (κ1) is 22.8. The molecule has 2 aromatic rings. The zero-order chi connectivity index (χ0) is 25.1. The van der Waals surface area contributed by atoms with Crippen LogP contribution in [0.1, 0.15) is 56.1 Å². The molecule has 192 valence electrons. The number of amidine groups is 1. The average molecular weight is 500 g/mol. The largest absolute Gasteiger partial charge is 0.454 e. The Balaban J connectivity index is 1.17. The number of rotatable bonds is 5. The molecule has 0 aromatic heterocycles. The third-order valence-corrected chi connectivity index (χ3v) is 8.79. The predicted octanol–water partition coefficient (Wildman–Crippen LogP) is 4.55. The van der Waals surface area contributed by atoms with Gasteiger partial charge in [0.2, 0.25) is 12.7 Å². The van der Waals surface area contributed by atoms with Gasteiger partial charge in [-0.25, -0.2) is 0 Å². The van der Waals surface area contributed by atoms with Gasteiger partial charge in [0.05, 0.1) is 0 Å². The monoisotopic (exact) mass is 499 g/mol. The van der Waals surface area contributed by atoms with Crippen LogP contribution in [-0.4, -0.2) is 59.4 Å². The topological polar surface area (TPSA) is 71.4 Å². The summed E-state index contributed by atoms with van der Waals surface area (Å²) in [5.74, 6) is 3.37. The molecule has 2 saturated carbocycles. The highest BCUT2D eigenvalue weighted by atomic mass is 16.7. The maximum atomic E-state index is 13.8. The van der Waals surface area contributed by atoms with Gasteiger partial charge in [0.25, 0.3) is 5.91 Å². The van der Waals surface area contributed by atoms with E-state index in [0.29, 0.717) is 18.4 Å². The number of benzene rings is 2. The summed E-state index contributed by atoms with van der Waals surface area (Å²) in [6.45, 7) is 4.56. The first-order chi connectivity index (χ1) is 18.0. The highest BCUT2D eigenvalue weighted by Gasteiger charge is 2.51. The molecule has 2 aliphatic carbocycles. The minimum Gasteiger partial charge on any atom is -0.454 e. The minimum atomic E-state index is -0.597. The normalized spacial score (nSPS) is 23.9. The van der Waals surface area contributed by atoms with Crippen LogP contribution in [0, 0.1) is 18.8 Å². The Morgan fingerprint density at radius 1 is 1.03 bits per heavy atom. The van der Waals surface area contributed by atoms with Gasteiger partial charge in [0.15, 0.2) is 11.5 Å². The van der Waals surface area contributed by atoms with Crippen LogP contribution in [0.25, 0.3) is 11.1 Å². The number of ether oxygens (including phenoxy) is 2. The van der Waals surface area contributed by atoms with Crippen LogP contribution in [-0.2, 0) is 9.59 Å². The fourth-order valence-corrected chi connectivity index (χ4v) is 6.52. The molecule has 0 unspecified atom stereocenters. The number of hydrogen-bond acceptors (Lipinski definition) is 5. The number of amides is 2. The maximum absolute atomic E-state index is 13.8. The van der Waals surface area contributed by atoms with E-state index in [9.17, 15) is 9.59 Å². The van der Waals surface area contributed by atoms with Crippen LogP contribution < -0.4 is 9.47 Å². The van der Waals surface area contributed by atoms with Crippen molar-refractivity contribution in [3.8, 4) is 22.6 Å². The molecule has 2 aromatic carbocycles. The van der Waals surface area contributed by atoms with Gasteiger partial charge in [0.1, 0.15) is 11.4 Å². The van der Waals surface area contributed by atoms with Gasteiger partial charge in [-0.2, -0.15) is 0 Å². The molecule has 0 bridgehead atoms. The lowest BCUT2D eigenvalue weighted by Gasteiger charge is -2.26. The average Bonchev–Trinajstić information content (AvgIpc) is 3.25.